The summed E-state index contributed by atoms with van der Waals surface area (Å²) >= 11 is 0. The normalized spacial score (nSPS) is 23.2. The maximum absolute atomic E-state index is 14.3. The number of nitrogens with zero attached hydrogens (tertiary/aromatic N) is 4. The van der Waals surface area contributed by atoms with Gasteiger partial charge in [0, 0.05) is 43.6 Å². The highest BCUT2D eigenvalue weighted by Gasteiger charge is 2.51. The average Bonchev–Trinajstić information content (AvgIpc) is 3.48. The molecule has 0 unspecified atom stereocenters. The molecular weight excluding hydrogens is 535 g/mol. The first-order valence-corrected chi connectivity index (χ1v) is 13.8. The van der Waals surface area contributed by atoms with E-state index in [0.29, 0.717) is 29.8 Å². The molecule has 3 aromatic rings. The number of carbonyl (C=O) groups excluding carboxylic acids is 1. The molecule has 41 heavy (non-hydrogen) atoms. The molecule has 0 radical (unpaired) electrons. The smallest absolute Gasteiger partial charge is 0.416 e. The van der Waals surface area contributed by atoms with Gasteiger partial charge in [-0.25, -0.2) is 0 Å². The minimum atomic E-state index is -4.59. The van der Waals surface area contributed by atoms with Crippen molar-refractivity contribution >= 4 is 11.6 Å². The van der Waals surface area contributed by atoms with Crippen LogP contribution in [-0.2, 0) is 36.5 Å². The van der Waals surface area contributed by atoms with Crippen LogP contribution >= 0.6 is 0 Å². The number of aryl methyl sites for hydroxylation is 1. The number of hydrogen-bond donors (Lipinski definition) is 1. The minimum absolute atomic E-state index is 0.00317. The Balaban J connectivity index is 1.38. The maximum Gasteiger partial charge on any atom is 0.416 e. The van der Waals surface area contributed by atoms with E-state index in [1.54, 1.807) is 25.6 Å². The van der Waals surface area contributed by atoms with E-state index in [1.165, 1.54) is 18.1 Å². The Bertz CT molecular complexity index is 1490. The molecule has 0 saturated heterocycles. The van der Waals surface area contributed by atoms with Crippen molar-refractivity contribution < 1.29 is 27.4 Å². The largest absolute Gasteiger partial charge is 0.497 e. The zero-order valence-corrected chi connectivity index (χ0v) is 23.6. The quantitative estimate of drug-likeness (QED) is 0.405. The summed E-state index contributed by atoms with van der Waals surface area (Å²) in [5.41, 5.74) is 0.467. The van der Waals surface area contributed by atoms with E-state index in [4.69, 9.17) is 9.47 Å². The van der Waals surface area contributed by atoms with Crippen LogP contribution in [0.1, 0.15) is 77.5 Å². The average molecular weight is 570 g/mol. The molecule has 1 amide bonds. The van der Waals surface area contributed by atoms with Crippen molar-refractivity contribution in [1.29, 1.82) is 0 Å². The molecule has 1 aliphatic heterocycles. The number of fused-ring (bicyclic) bond motifs is 1. The molecular formula is C30H34F3N5O3. The third-order valence-corrected chi connectivity index (χ3v) is 9.20. The number of nitrogens with one attached hydrogen (secondary N) is 1. The number of hydrogen-bond acceptors (Lipinski definition) is 6. The van der Waals surface area contributed by atoms with Gasteiger partial charge in [-0.2, -0.15) is 13.2 Å². The van der Waals surface area contributed by atoms with E-state index >= 15 is 0 Å². The van der Waals surface area contributed by atoms with Crippen LogP contribution in [-0.4, -0.2) is 46.5 Å². The number of methoxy groups -OCH3 is 2. The highest BCUT2D eigenvalue weighted by atomic mass is 19.4. The van der Waals surface area contributed by atoms with Crippen LogP contribution in [0, 0.1) is 0 Å². The second kappa shape index (κ2) is 9.84. The molecule has 8 nitrogen and oxygen atoms in total. The number of alkyl halides is 3. The Hall–Kier alpha value is -3.44. The number of ether oxygens (including phenoxy) is 2. The van der Waals surface area contributed by atoms with Gasteiger partial charge in [0.25, 0.3) is 5.91 Å². The summed E-state index contributed by atoms with van der Waals surface area (Å²) < 4.78 is 55.9. The lowest BCUT2D eigenvalue weighted by molar-refractivity contribution is -0.138. The van der Waals surface area contributed by atoms with Gasteiger partial charge in [-0.3, -0.25) is 4.79 Å². The number of halogens is 3. The first-order valence-electron chi connectivity index (χ1n) is 13.8. The van der Waals surface area contributed by atoms with Crippen LogP contribution in [0.4, 0.5) is 18.9 Å². The zero-order chi connectivity index (χ0) is 29.2. The van der Waals surface area contributed by atoms with Gasteiger partial charge in [0.2, 0.25) is 0 Å². The van der Waals surface area contributed by atoms with E-state index < -0.39 is 23.1 Å². The van der Waals surface area contributed by atoms with E-state index in [2.05, 4.69) is 22.4 Å². The Morgan fingerprint density at radius 2 is 1.88 bits per heavy atom. The summed E-state index contributed by atoms with van der Waals surface area (Å²) in [6, 6.07) is 8.24. The number of carbonyl (C=O) groups is 1. The van der Waals surface area contributed by atoms with Gasteiger partial charge in [0.15, 0.2) is 0 Å². The molecule has 2 aliphatic carbocycles. The predicted octanol–water partition coefficient (Wildman–Crippen LogP) is 5.13. The van der Waals surface area contributed by atoms with Gasteiger partial charge in [-0.1, -0.05) is 0 Å². The third kappa shape index (κ3) is 4.68. The number of benzene rings is 2. The van der Waals surface area contributed by atoms with Crippen LogP contribution in [0.2, 0.25) is 0 Å². The molecule has 6 rings (SSSR count). The summed E-state index contributed by atoms with van der Waals surface area (Å²) in [7, 11) is 5.06. The predicted molar refractivity (Wildman–Crippen MR) is 146 cm³/mol. The standard InChI is InChI=1S/C30H34F3N5O3/c1-28(6-5-7-28)34-15-18-8-23-24(25(9-18)30(31,32)33)16-38(26(23)39)20-10-19(11-21(12-20)40-3)29(13-22(14-29)41-4)27-36-35-17-37(27)2/h8-12,17,22,34H,5-7,13-16H2,1-4H3/t22-,29-. The van der Waals surface area contributed by atoms with Crippen molar-refractivity contribution in [2.75, 3.05) is 19.1 Å². The van der Waals surface area contributed by atoms with Gasteiger partial charge in [0.1, 0.15) is 17.9 Å². The Kier molecular flexibility index (Phi) is 6.65. The Labute approximate surface area is 236 Å². The highest BCUT2D eigenvalue weighted by molar-refractivity contribution is 6.10. The molecule has 218 valence electrons. The summed E-state index contributed by atoms with van der Waals surface area (Å²) in [4.78, 5) is 15.2. The van der Waals surface area contributed by atoms with Crippen molar-refractivity contribution in [2.24, 2.45) is 7.05 Å². The van der Waals surface area contributed by atoms with Gasteiger partial charge in [0.05, 0.1) is 30.7 Å². The molecule has 2 saturated carbocycles. The number of rotatable bonds is 8. The Morgan fingerprint density at radius 1 is 1.12 bits per heavy atom. The molecule has 0 spiro atoms. The topological polar surface area (TPSA) is 81.5 Å². The van der Waals surface area contributed by atoms with E-state index in [9.17, 15) is 18.0 Å². The lowest BCUT2D eigenvalue weighted by Crippen LogP contribution is -2.48. The van der Waals surface area contributed by atoms with E-state index in [1.807, 2.05) is 23.7 Å². The summed E-state index contributed by atoms with van der Waals surface area (Å²) in [5.74, 6) is 0.786. The molecule has 3 aliphatic rings. The van der Waals surface area contributed by atoms with Crippen LogP contribution in [0.3, 0.4) is 0 Å². The molecule has 1 aromatic heterocycles. The molecule has 1 N–H and O–H groups in total. The van der Waals surface area contributed by atoms with Crippen LogP contribution in [0.25, 0.3) is 0 Å². The zero-order valence-electron chi connectivity index (χ0n) is 23.6. The second-order valence-corrected chi connectivity index (χ2v) is 11.9. The van der Waals surface area contributed by atoms with Crippen molar-refractivity contribution in [1.82, 2.24) is 20.1 Å². The molecule has 2 heterocycles. The fourth-order valence-corrected chi connectivity index (χ4v) is 6.51. The van der Waals surface area contributed by atoms with Gasteiger partial charge in [-0.05, 0) is 80.0 Å². The van der Waals surface area contributed by atoms with Crippen molar-refractivity contribution in [2.45, 2.75) is 75.4 Å². The molecule has 0 bridgehead atoms. The fraction of sp³-hybridized carbons (Fsp3) is 0.500. The third-order valence-electron chi connectivity index (χ3n) is 9.20. The van der Waals surface area contributed by atoms with Crippen molar-refractivity contribution in [3.63, 3.8) is 0 Å². The van der Waals surface area contributed by atoms with Crippen LogP contribution in [0.5, 0.6) is 5.75 Å². The van der Waals surface area contributed by atoms with Crippen molar-refractivity contribution in [3.05, 3.63) is 70.3 Å². The van der Waals surface area contributed by atoms with E-state index in [-0.39, 0.29) is 35.9 Å². The van der Waals surface area contributed by atoms with E-state index in [0.717, 1.165) is 30.7 Å². The lowest BCUT2D eigenvalue weighted by Gasteiger charge is -2.46. The molecule has 0 atom stereocenters. The lowest BCUT2D eigenvalue weighted by atomic mass is 9.62. The fourth-order valence-electron chi connectivity index (χ4n) is 6.51. The van der Waals surface area contributed by atoms with Gasteiger partial charge < -0.3 is 24.3 Å². The number of amides is 1. The summed E-state index contributed by atoms with van der Waals surface area (Å²) in [6.45, 7) is 2.16. The minimum Gasteiger partial charge on any atom is -0.497 e. The van der Waals surface area contributed by atoms with Crippen molar-refractivity contribution in [3.8, 4) is 5.75 Å². The number of anilines is 1. The van der Waals surface area contributed by atoms with Gasteiger partial charge in [-0.15, -0.1) is 10.2 Å². The maximum atomic E-state index is 14.3. The number of aromatic nitrogens is 3. The summed E-state index contributed by atoms with van der Waals surface area (Å²) in [5, 5.41) is 11.8. The summed E-state index contributed by atoms with van der Waals surface area (Å²) in [6.07, 6.45) is 1.41. The monoisotopic (exact) mass is 569 g/mol. The SMILES string of the molecule is COc1cc(N2Cc3c(cc(CNC4(C)CCC4)cc3C(F)(F)F)C2=O)cc([C@]2(c3nncn3C)C[C@H](OC)C2)c1. The first-order chi connectivity index (χ1) is 19.5. The van der Waals surface area contributed by atoms with Gasteiger partial charge >= 0.3 is 6.18 Å². The Morgan fingerprint density at radius 3 is 2.46 bits per heavy atom. The molecule has 11 heteroatoms. The highest BCUT2D eigenvalue weighted by Crippen LogP contribution is 2.51. The van der Waals surface area contributed by atoms with Crippen LogP contribution < -0.4 is 15.0 Å². The molecule has 2 aromatic carbocycles. The second-order valence-electron chi connectivity index (χ2n) is 11.9. The van der Waals surface area contributed by atoms with Crippen LogP contribution in [0.15, 0.2) is 36.7 Å². The first kappa shape index (κ1) is 27.7. The molecule has 2 fully saturated rings.